The van der Waals surface area contributed by atoms with Gasteiger partial charge in [-0.2, -0.15) is 0 Å². The average Bonchev–Trinajstić information content (AvgIpc) is 3.54. The number of imidazole rings is 1. The molecular formula is C28H24N6O. The number of hydrogen-bond acceptors (Lipinski definition) is 6. The molecule has 172 valence electrons. The fourth-order valence-electron chi connectivity index (χ4n) is 4.92. The molecule has 0 amide bonds. The number of ether oxygens (including phenoxy) is 1. The van der Waals surface area contributed by atoms with Gasteiger partial charge in [-0.15, -0.1) is 0 Å². The van der Waals surface area contributed by atoms with Crippen LogP contribution in [0.1, 0.15) is 12.0 Å². The number of rotatable bonds is 4. The molecule has 2 aliphatic heterocycles. The summed E-state index contributed by atoms with van der Waals surface area (Å²) < 4.78 is 7.49. The number of aliphatic imine (C=N–C) groups is 1. The number of nitrogens with one attached hydrogen (secondary N) is 1. The van der Waals surface area contributed by atoms with Crippen LogP contribution in [0.5, 0.6) is 0 Å². The molecule has 2 aromatic heterocycles. The van der Waals surface area contributed by atoms with Crippen molar-refractivity contribution in [2.24, 2.45) is 4.99 Å². The summed E-state index contributed by atoms with van der Waals surface area (Å²) in [5.41, 5.74) is 9.46. The van der Waals surface area contributed by atoms with Gasteiger partial charge in [0.1, 0.15) is 0 Å². The molecule has 0 unspecified atom stereocenters. The predicted molar refractivity (Wildman–Crippen MR) is 140 cm³/mol. The van der Waals surface area contributed by atoms with E-state index in [1.54, 1.807) is 6.20 Å². The summed E-state index contributed by atoms with van der Waals surface area (Å²) >= 11 is 0. The molecule has 2 aromatic carbocycles. The van der Waals surface area contributed by atoms with Crippen molar-refractivity contribution in [2.45, 2.75) is 6.42 Å². The van der Waals surface area contributed by atoms with Crippen molar-refractivity contribution in [2.75, 3.05) is 36.5 Å². The van der Waals surface area contributed by atoms with Gasteiger partial charge >= 0.3 is 0 Å². The van der Waals surface area contributed by atoms with Gasteiger partial charge in [-0.1, -0.05) is 24.3 Å². The topological polar surface area (TPSA) is 67.0 Å². The Morgan fingerprint density at radius 2 is 1.89 bits per heavy atom. The summed E-state index contributed by atoms with van der Waals surface area (Å²) in [6.45, 7) is 3.40. The van der Waals surface area contributed by atoms with E-state index >= 15 is 0 Å². The first-order chi connectivity index (χ1) is 17.3. The Hall–Kier alpha value is -4.23. The lowest BCUT2D eigenvalue weighted by atomic mass is 9.95. The molecule has 3 aliphatic rings. The summed E-state index contributed by atoms with van der Waals surface area (Å²) in [5, 5.41) is 3.49. The average molecular weight is 461 g/mol. The van der Waals surface area contributed by atoms with E-state index in [0.29, 0.717) is 0 Å². The first-order valence-electron chi connectivity index (χ1n) is 11.9. The van der Waals surface area contributed by atoms with Crippen molar-refractivity contribution in [3.63, 3.8) is 0 Å². The Morgan fingerprint density at radius 1 is 1.00 bits per heavy atom. The van der Waals surface area contributed by atoms with Crippen LogP contribution in [0, 0.1) is 0 Å². The van der Waals surface area contributed by atoms with Crippen LogP contribution in [0.15, 0.2) is 84.3 Å². The molecule has 1 fully saturated rings. The maximum absolute atomic E-state index is 5.47. The number of hydrogen-bond donors (Lipinski definition) is 1. The SMILES string of the molecule is C1=CCC2=Nc3ccc(-c4cn5ccnc5c(Nc5ccc(N6CCOCC6)cc5)n4)cc3C2=C1. The maximum Gasteiger partial charge on any atom is 0.180 e. The summed E-state index contributed by atoms with van der Waals surface area (Å²) in [4.78, 5) is 16.7. The van der Waals surface area contributed by atoms with Crippen LogP contribution in [0.3, 0.4) is 0 Å². The quantitative estimate of drug-likeness (QED) is 0.441. The molecule has 1 N–H and O–H groups in total. The van der Waals surface area contributed by atoms with Gasteiger partial charge in [0, 0.05) is 66.2 Å². The van der Waals surface area contributed by atoms with Crippen molar-refractivity contribution in [3.8, 4) is 11.3 Å². The Balaban J connectivity index is 1.22. The van der Waals surface area contributed by atoms with Crippen LogP contribution < -0.4 is 10.2 Å². The number of benzene rings is 2. The minimum absolute atomic E-state index is 0.726. The molecule has 0 bridgehead atoms. The predicted octanol–water partition coefficient (Wildman–Crippen LogP) is 5.41. The normalized spacial score (nSPS) is 16.6. The van der Waals surface area contributed by atoms with E-state index in [1.807, 2.05) is 16.8 Å². The van der Waals surface area contributed by atoms with Gasteiger partial charge in [0.2, 0.25) is 0 Å². The number of aromatic nitrogens is 3. The van der Waals surface area contributed by atoms with Crippen LogP contribution in [0.25, 0.3) is 22.5 Å². The number of morpholine rings is 1. The van der Waals surface area contributed by atoms with Crippen LogP contribution >= 0.6 is 0 Å². The fraction of sp³-hybridized carbons (Fsp3) is 0.179. The smallest absolute Gasteiger partial charge is 0.180 e. The summed E-state index contributed by atoms with van der Waals surface area (Å²) in [7, 11) is 0. The molecule has 1 aliphatic carbocycles. The second-order valence-electron chi connectivity index (χ2n) is 8.91. The molecule has 0 saturated carbocycles. The number of fused-ring (bicyclic) bond motifs is 4. The molecule has 7 rings (SSSR count). The zero-order valence-electron chi connectivity index (χ0n) is 19.2. The minimum atomic E-state index is 0.726. The second-order valence-corrected chi connectivity index (χ2v) is 8.91. The summed E-state index contributed by atoms with van der Waals surface area (Å²) in [6, 6.07) is 14.9. The van der Waals surface area contributed by atoms with E-state index in [2.05, 4.69) is 75.9 Å². The van der Waals surface area contributed by atoms with Gasteiger partial charge in [-0.3, -0.25) is 4.99 Å². The number of allylic oxidation sites excluding steroid dienone is 4. The highest BCUT2D eigenvalue weighted by atomic mass is 16.5. The Morgan fingerprint density at radius 3 is 2.77 bits per heavy atom. The molecule has 4 aromatic rings. The summed E-state index contributed by atoms with van der Waals surface area (Å²) in [5.74, 6) is 0.726. The Labute approximate surface area is 203 Å². The van der Waals surface area contributed by atoms with Crippen LogP contribution in [0.2, 0.25) is 0 Å². The van der Waals surface area contributed by atoms with Gasteiger partial charge in [0.15, 0.2) is 11.5 Å². The van der Waals surface area contributed by atoms with Crippen molar-refractivity contribution >= 4 is 39.8 Å². The van der Waals surface area contributed by atoms with E-state index in [0.717, 1.165) is 72.5 Å². The monoisotopic (exact) mass is 460 g/mol. The molecule has 0 atom stereocenters. The van der Waals surface area contributed by atoms with Gasteiger partial charge in [-0.05, 0) is 36.4 Å². The highest BCUT2D eigenvalue weighted by Gasteiger charge is 2.22. The molecular weight excluding hydrogens is 436 g/mol. The highest BCUT2D eigenvalue weighted by molar-refractivity contribution is 6.30. The third kappa shape index (κ3) is 3.61. The molecule has 0 radical (unpaired) electrons. The van der Waals surface area contributed by atoms with E-state index in [-0.39, 0.29) is 0 Å². The first kappa shape index (κ1) is 20.2. The lowest BCUT2D eigenvalue weighted by Crippen LogP contribution is -2.36. The second kappa shape index (κ2) is 8.21. The van der Waals surface area contributed by atoms with Gasteiger partial charge in [0.25, 0.3) is 0 Å². The first-order valence-corrected chi connectivity index (χ1v) is 11.9. The molecule has 4 heterocycles. The molecule has 35 heavy (non-hydrogen) atoms. The van der Waals surface area contributed by atoms with Crippen LogP contribution in [-0.2, 0) is 4.74 Å². The maximum atomic E-state index is 5.47. The van der Waals surface area contributed by atoms with E-state index < -0.39 is 0 Å². The zero-order chi connectivity index (χ0) is 23.2. The minimum Gasteiger partial charge on any atom is -0.378 e. The van der Waals surface area contributed by atoms with Crippen molar-refractivity contribution in [1.29, 1.82) is 0 Å². The van der Waals surface area contributed by atoms with Crippen LogP contribution in [-0.4, -0.2) is 46.4 Å². The van der Waals surface area contributed by atoms with Crippen LogP contribution in [0.4, 0.5) is 22.9 Å². The lowest BCUT2D eigenvalue weighted by molar-refractivity contribution is 0.122. The van der Waals surface area contributed by atoms with Crippen molar-refractivity contribution in [1.82, 2.24) is 14.4 Å². The molecule has 7 nitrogen and oxygen atoms in total. The third-order valence-corrected chi connectivity index (χ3v) is 6.74. The van der Waals surface area contributed by atoms with Gasteiger partial charge < -0.3 is 19.4 Å². The standard InChI is InChI=1S/C28H24N6O/c1-2-4-24-22(3-1)23-17-19(5-10-25(23)31-24)26-18-34-12-11-29-28(34)27(32-26)30-20-6-8-21(9-7-20)33-13-15-35-16-14-33/h1-3,5-12,17-18H,4,13-16H2,(H,30,32). The van der Waals surface area contributed by atoms with E-state index in [1.165, 1.54) is 16.8 Å². The Bertz CT molecular complexity index is 1520. The fourth-order valence-corrected chi connectivity index (χ4v) is 4.92. The van der Waals surface area contributed by atoms with Crippen molar-refractivity contribution in [3.05, 3.63) is 84.8 Å². The number of nitrogens with zero attached hydrogens (tertiary/aromatic N) is 5. The van der Waals surface area contributed by atoms with Gasteiger partial charge in [0.05, 0.1) is 30.3 Å². The lowest BCUT2D eigenvalue weighted by Gasteiger charge is -2.28. The van der Waals surface area contributed by atoms with Crippen molar-refractivity contribution < 1.29 is 4.74 Å². The van der Waals surface area contributed by atoms with E-state index in [4.69, 9.17) is 14.7 Å². The molecule has 7 heteroatoms. The van der Waals surface area contributed by atoms with E-state index in [9.17, 15) is 0 Å². The summed E-state index contributed by atoms with van der Waals surface area (Å²) in [6.07, 6.45) is 13.1. The zero-order valence-corrected chi connectivity index (χ0v) is 19.2. The largest absolute Gasteiger partial charge is 0.378 e. The Kier molecular flexibility index (Phi) is 4.73. The number of anilines is 3. The molecule has 0 spiro atoms. The third-order valence-electron chi connectivity index (χ3n) is 6.74. The van der Waals surface area contributed by atoms with Gasteiger partial charge in [-0.25, -0.2) is 9.97 Å². The highest BCUT2D eigenvalue weighted by Crippen LogP contribution is 2.39. The molecule has 1 saturated heterocycles.